The van der Waals surface area contributed by atoms with Crippen LogP contribution in [0.2, 0.25) is 5.02 Å². The minimum absolute atomic E-state index is 0.130. The molecule has 4 aromatic rings. The molecule has 0 saturated heterocycles. The fraction of sp³-hybridized carbons (Fsp3) is 0.143. The number of hydrogen-bond acceptors (Lipinski definition) is 4. The third kappa shape index (κ3) is 3.85. The van der Waals surface area contributed by atoms with E-state index < -0.39 is 16.8 Å². The van der Waals surface area contributed by atoms with Gasteiger partial charge in [-0.2, -0.15) is 0 Å². The van der Waals surface area contributed by atoms with Gasteiger partial charge < -0.3 is 9.67 Å². The zero-order chi connectivity index (χ0) is 20.5. The maximum atomic E-state index is 13.0. The van der Waals surface area contributed by atoms with Gasteiger partial charge in [0, 0.05) is 37.8 Å². The molecule has 0 aliphatic rings. The van der Waals surface area contributed by atoms with E-state index in [1.165, 1.54) is 11.3 Å². The molecular formula is C21H17ClN2O3S2. The van der Waals surface area contributed by atoms with Crippen molar-refractivity contribution in [1.29, 1.82) is 0 Å². The lowest BCUT2D eigenvalue weighted by molar-refractivity contribution is -0.137. The lowest BCUT2D eigenvalue weighted by atomic mass is 10.1. The third-order valence-corrected chi connectivity index (χ3v) is 7.38. The van der Waals surface area contributed by atoms with Crippen molar-refractivity contribution in [3.8, 4) is 0 Å². The van der Waals surface area contributed by atoms with Gasteiger partial charge in [0.1, 0.15) is 22.4 Å². The molecule has 29 heavy (non-hydrogen) atoms. The molecule has 1 N–H and O–H groups in total. The number of aromatic nitrogens is 2. The first-order valence-corrected chi connectivity index (χ1v) is 11.2. The second-order valence-electron chi connectivity index (χ2n) is 6.54. The number of thiazole rings is 1. The van der Waals surface area contributed by atoms with Gasteiger partial charge in [-0.1, -0.05) is 29.8 Å². The number of nitrogens with zero attached hydrogens (tertiary/aromatic N) is 2. The quantitative estimate of drug-likeness (QED) is 0.459. The number of halogens is 1. The highest BCUT2D eigenvalue weighted by Gasteiger charge is 2.21. The number of carboxylic acid groups (broad SMARTS) is 1. The van der Waals surface area contributed by atoms with Gasteiger partial charge in [0.15, 0.2) is 0 Å². The molecule has 148 valence electrons. The minimum Gasteiger partial charge on any atom is -0.480 e. The lowest BCUT2D eigenvalue weighted by Crippen LogP contribution is -2.10. The van der Waals surface area contributed by atoms with Crippen LogP contribution < -0.4 is 0 Å². The van der Waals surface area contributed by atoms with Gasteiger partial charge in [0.25, 0.3) is 0 Å². The Morgan fingerprint density at radius 2 is 2.00 bits per heavy atom. The maximum Gasteiger partial charge on any atom is 0.323 e. The molecule has 5 nitrogen and oxygen atoms in total. The molecule has 2 heterocycles. The molecule has 0 aliphatic carbocycles. The van der Waals surface area contributed by atoms with Crippen molar-refractivity contribution in [2.24, 2.45) is 0 Å². The van der Waals surface area contributed by atoms with Gasteiger partial charge >= 0.3 is 5.97 Å². The molecule has 0 radical (unpaired) electrons. The average molecular weight is 445 g/mol. The molecule has 0 amide bonds. The molecule has 8 heteroatoms. The van der Waals surface area contributed by atoms with Crippen LogP contribution in [0.1, 0.15) is 16.1 Å². The molecule has 2 aromatic heterocycles. The van der Waals surface area contributed by atoms with E-state index in [0.29, 0.717) is 21.4 Å². The monoisotopic (exact) mass is 444 g/mol. The number of aliphatic carboxylic acids is 1. The fourth-order valence-electron chi connectivity index (χ4n) is 3.43. The SMILES string of the molecule is Cc1c(Cc2scnc2S(=O)c2ccccc2)c2cc(Cl)ccc2n1CC(=O)O. The summed E-state index contributed by atoms with van der Waals surface area (Å²) >= 11 is 7.67. The lowest BCUT2D eigenvalue weighted by Gasteiger charge is -2.06. The number of carboxylic acids is 1. The molecule has 0 spiro atoms. The van der Waals surface area contributed by atoms with Crippen LogP contribution in [0, 0.1) is 6.92 Å². The Morgan fingerprint density at radius 1 is 1.24 bits per heavy atom. The van der Waals surface area contributed by atoms with Crippen LogP contribution in [0.15, 0.2) is 64.0 Å². The number of fused-ring (bicyclic) bond motifs is 1. The van der Waals surface area contributed by atoms with Crippen LogP contribution in [0.4, 0.5) is 0 Å². The van der Waals surface area contributed by atoms with Crippen molar-refractivity contribution in [1.82, 2.24) is 9.55 Å². The third-order valence-electron chi connectivity index (χ3n) is 4.78. The first-order valence-electron chi connectivity index (χ1n) is 8.84. The van der Waals surface area contributed by atoms with Crippen LogP contribution >= 0.6 is 22.9 Å². The summed E-state index contributed by atoms with van der Waals surface area (Å²) in [7, 11) is -1.38. The van der Waals surface area contributed by atoms with E-state index in [1.807, 2.05) is 49.4 Å². The summed E-state index contributed by atoms with van der Waals surface area (Å²) in [6.07, 6.45) is 0.508. The Bertz CT molecular complexity index is 1230. The van der Waals surface area contributed by atoms with Gasteiger partial charge in [-0.15, -0.1) is 11.3 Å². The Morgan fingerprint density at radius 3 is 2.72 bits per heavy atom. The number of carbonyl (C=O) groups is 1. The smallest absolute Gasteiger partial charge is 0.323 e. The molecule has 2 aromatic carbocycles. The second kappa shape index (κ2) is 8.10. The Balaban J connectivity index is 1.79. The molecule has 1 unspecified atom stereocenters. The summed E-state index contributed by atoms with van der Waals surface area (Å²) < 4.78 is 14.8. The number of hydrogen-bond donors (Lipinski definition) is 1. The normalized spacial score (nSPS) is 12.3. The number of rotatable bonds is 6. The van der Waals surface area contributed by atoms with E-state index in [-0.39, 0.29) is 6.54 Å². The van der Waals surface area contributed by atoms with Crippen molar-refractivity contribution in [2.45, 2.75) is 29.8 Å². The van der Waals surface area contributed by atoms with Gasteiger partial charge in [0.05, 0.1) is 5.51 Å². The predicted molar refractivity (Wildman–Crippen MR) is 115 cm³/mol. The van der Waals surface area contributed by atoms with Gasteiger partial charge in [-0.05, 0) is 42.8 Å². The Kier molecular flexibility index (Phi) is 5.54. The van der Waals surface area contributed by atoms with E-state index in [9.17, 15) is 14.1 Å². The van der Waals surface area contributed by atoms with Crippen LogP contribution in [-0.4, -0.2) is 24.8 Å². The highest BCUT2D eigenvalue weighted by molar-refractivity contribution is 7.85. The molecule has 0 fully saturated rings. The van der Waals surface area contributed by atoms with Crippen molar-refractivity contribution in [3.63, 3.8) is 0 Å². The molecular weight excluding hydrogens is 428 g/mol. The summed E-state index contributed by atoms with van der Waals surface area (Å²) in [6, 6.07) is 14.7. The van der Waals surface area contributed by atoms with Crippen molar-refractivity contribution in [3.05, 3.63) is 75.2 Å². The van der Waals surface area contributed by atoms with E-state index in [4.69, 9.17) is 11.6 Å². The van der Waals surface area contributed by atoms with E-state index in [1.54, 1.807) is 16.1 Å². The Hall–Kier alpha value is -2.48. The zero-order valence-electron chi connectivity index (χ0n) is 15.5. The number of benzene rings is 2. The summed E-state index contributed by atoms with van der Waals surface area (Å²) in [5.41, 5.74) is 4.35. The predicted octanol–water partition coefficient (Wildman–Crippen LogP) is 4.90. The van der Waals surface area contributed by atoms with E-state index in [2.05, 4.69) is 4.98 Å². The van der Waals surface area contributed by atoms with Crippen molar-refractivity contribution in [2.75, 3.05) is 0 Å². The highest BCUT2D eigenvalue weighted by atomic mass is 35.5. The first-order chi connectivity index (χ1) is 14.0. The maximum absolute atomic E-state index is 13.0. The average Bonchev–Trinajstić information content (AvgIpc) is 3.26. The van der Waals surface area contributed by atoms with Gasteiger partial charge in [-0.3, -0.25) is 4.79 Å². The molecule has 1 atom stereocenters. The summed E-state index contributed by atoms with van der Waals surface area (Å²) in [4.78, 5) is 17.3. The highest BCUT2D eigenvalue weighted by Crippen LogP contribution is 2.33. The van der Waals surface area contributed by atoms with Crippen LogP contribution in [-0.2, 0) is 28.6 Å². The summed E-state index contributed by atoms with van der Waals surface area (Å²) in [5.74, 6) is -0.907. The summed E-state index contributed by atoms with van der Waals surface area (Å²) in [6.45, 7) is 1.77. The van der Waals surface area contributed by atoms with Crippen LogP contribution in [0.25, 0.3) is 10.9 Å². The van der Waals surface area contributed by atoms with E-state index >= 15 is 0 Å². The standard InChI is InChI=1S/C21H17ClN2O3S2/c1-13-16(17-9-14(22)7-8-18(17)24(13)11-20(25)26)10-19-21(23-12-28-19)29(27)15-5-3-2-4-6-15/h2-9,12H,10-11H2,1H3,(H,25,26). The van der Waals surface area contributed by atoms with Gasteiger partial charge in [-0.25, -0.2) is 9.19 Å². The topological polar surface area (TPSA) is 72.2 Å². The zero-order valence-corrected chi connectivity index (χ0v) is 17.9. The Labute approximate surface area is 179 Å². The second-order valence-corrected chi connectivity index (χ2v) is 9.32. The first kappa shape index (κ1) is 19.8. The fourth-order valence-corrected chi connectivity index (χ4v) is 5.76. The van der Waals surface area contributed by atoms with Crippen molar-refractivity contribution < 1.29 is 14.1 Å². The van der Waals surface area contributed by atoms with Crippen LogP contribution in [0.5, 0.6) is 0 Å². The van der Waals surface area contributed by atoms with Crippen molar-refractivity contribution >= 4 is 50.6 Å². The molecule has 0 saturated carbocycles. The van der Waals surface area contributed by atoms with Crippen LogP contribution in [0.3, 0.4) is 0 Å². The molecule has 0 bridgehead atoms. The molecule has 0 aliphatic heterocycles. The largest absolute Gasteiger partial charge is 0.480 e. The molecule has 4 rings (SSSR count). The summed E-state index contributed by atoms with van der Waals surface area (Å²) in [5, 5.41) is 11.4. The van der Waals surface area contributed by atoms with Gasteiger partial charge in [0.2, 0.25) is 0 Å². The van der Waals surface area contributed by atoms with E-state index in [0.717, 1.165) is 27.0 Å². The minimum atomic E-state index is -1.38.